The van der Waals surface area contributed by atoms with Crippen molar-refractivity contribution < 1.29 is 45.1 Å². The largest absolute Gasteiger partial charge is 0.425 e. The van der Waals surface area contributed by atoms with E-state index in [0.717, 1.165) is 24.3 Å². The lowest BCUT2D eigenvalue weighted by Gasteiger charge is -2.35. The van der Waals surface area contributed by atoms with Crippen LogP contribution < -0.4 is 10.2 Å². The second-order valence-corrected chi connectivity index (χ2v) is 9.63. The Morgan fingerprint density at radius 1 is 0.946 bits per heavy atom. The number of hydrogen-bond acceptors (Lipinski definition) is 3. The molecule has 0 unspecified atom stereocenters. The fourth-order valence-electron chi connectivity index (χ4n) is 4.73. The molecule has 4 rings (SSSR count). The van der Waals surface area contributed by atoms with Crippen LogP contribution in [0.3, 0.4) is 0 Å². The van der Waals surface area contributed by atoms with Gasteiger partial charge in [0.1, 0.15) is 5.82 Å². The van der Waals surface area contributed by atoms with Crippen LogP contribution in [-0.2, 0) is 15.8 Å². The number of alkyl halides is 6. The highest BCUT2D eigenvalue weighted by Gasteiger charge is 2.72. The molecular weight excluding hydrogens is 509 g/mol. The molecule has 0 radical (unpaired) electrons. The van der Waals surface area contributed by atoms with Crippen molar-refractivity contribution in [2.75, 3.05) is 4.90 Å². The Morgan fingerprint density at radius 3 is 2.19 bits per heavy atom. The number of amides is 2. The van der Waals surface area contributed by atoms with Crippen molar-refractivity contribution in [2.24, 2.45) is 5.41 Å². The molecule has 196 valence electrons. The lowest BCUT2D eigenvalue weighted by Crippen LogP contribution is -2.66. The van der Waals surface area contributed by atoms with Gasteiger partial charge in [0.15, 0.2) is 5.78 Å². The van der Waals surface area contributed by atoms with Crippen LogP contribution in [0.1, 0.15) is 42.6 Å². The first-order valence-electron chi connectivity index (χ1n) is 10.9. The lowest BCUT2D eigenvalue weighted by atomic mass is 9.72. The third kappa shape index (κ3) is 4.27. The summed E-state index contributed by atoms with van der Waals surface area (Å²) in [6, 6.07) is 7.14. The zero-order chi connectivity index (χ0) is 27.6. The number of benzene rings is 2. The van der Waals surface area contributed by atoms with E-state index in [1.165, 1.54) is 12.1 Å². The molecule has 0 bridgehead atoms. The first-order chi connectivity index (χ1) is 17.0. The van der Waals surface area contributed by atoms with Crippen LogP contribution in [0.25, 0.3) is 0 Å². The molecule has 0 aromatic heterocycles. The van der Waals surface area contributed by atoms with E-state index in [1.807, 2.05) is 0 Å². The van der Waals surface area contributed by atoms with Crippen molar-refractivity contribution in [3.05, 3.63) is 76.7 Å². The predicted octanol–water partition coefficient (Wildman–Crippen LogP) is 5.57. The summed E-state index contributed by atoms with van der Waals surface area (Å²) < 4.78 is 98.8. The standard InChI is InChI=1S/C25H19F7N2O3/c1-22(2)11-17-19(18(35)12-22)23(25(30,31)32,33-20(36)15-8-3-4-9-16(15)26)21(37)34(17)14-7-5-6-13(10-14)24(27,28)29/h3-10H,11-12H2,1-2H3,(H,33,36)/t23-/m1/s1. The van der Waals surface area contributed by atoms with Gasteiger partial charge in [0.05, 0.1) is 16.7 Å². The SMILES string of the molecule is CC1(C)CC(=O)C2=C(C1)N(c1cccc(C(F)(F)F)c1)C(=O)[C@@]2(NC(=O)c1ccccc1F)C(F)(F)F. The van der Waals surface area contributed by atoms with Gasteiger partial charge in [-0.2, -0.15) is 26.3 Å². The van der Waals surface area contributed by atoms with Crippen LogP contribution in [-0.4, -0.2) is 29.3 Å². The Kier molecular flexibility index (Phi) is 6.00. The number of carbonyl (C=O) groups excluding carboxylic acids is 3. The van der Waals surface area contributed by atoms with Gasteiger partial charge in [0.25, 0.3) is 11.8 Å². The summed E-state index contributed by atoms with van der Waals surface area (Å²) in [5, 5.41) is 1.54. The quantitative estimate of drug-likeness (QED) is 0.531. The Labute approximate surface area is 205 Å². The second-order valence-electron chi connectivity index (χ2n) is 9.63. The van der Waals surface area contributed by atoms with Gasteiger partial charge in [-0.15, -0.1) is 0 Å². The summed E-state index contributed by atoms with van der Waals surface area (Å²) in [6.07, 6.45) is -11.2. The summed E-state index contributed by atoms with van der Waals surface area (Å²) in [7, 11) is 0. The van der Waals surface area contributed by atoms with Crippen molar-refractivity contribution in [1.82, 2.24) is 5.32 Å². The molecular formula is C25H19F7N2O3. The molecule has 2 aliphatic rings. The summed E-state index contributed by atoms with van der Waals surface area (Å²) in [5.41, 5.74) is -9.08. The van der Waals surface area contributed by atoms with E-state index in [4.69, 9.17) is 0 Å². The van der Waals surface area contributed by atoms with E-state index in [2.05, 4.69) is 0 Å². The van der Waals surface area contributed by atoms with Crippen LogP contribution in [0.4, 0.5) is 36.4 Å². The fourth-order valence-corrected chi connectivity index (χ4v) is 4.73. The maximum atomic E-state index is 14.8. The van der Waals surface area contributed by atoms with Crippen LogP contribution in [0, 0.1) is 11.2 Å². The summed E-state index contributed by atoms with van der Waals surface area (Å²) >= 11 is 0. The number of nitrogens with one attached hydrogen (secondary N) is 1. The topological polar surface area (TPSA) is 66.5 Å². The van der Waals surface area contributed by atoms with Crippen molar-refractivity contribution in [3.8, 4) is 0 Å². The highest BCUT2D eigenvalue weighted by molar-refractivity contribution is 6.21. The predicted molar refractivity (Wildman–Crippen MR) is 117 cm³/mol. The molecule has 5 nitrogen and oxygen atoms in total. The number of allylic oxidation sites excluding steroid dienone is 1. The highest BCUT2D eigenvalue weighted by Crippen LogP contribution is 2.53. The summed E-state index contributed by atoms with van der Waals surface area (Å²) in [6.45, 7) is 3.10. The van der Waals surface area contributed by atoms with E-state index in [9.17, 15) is 45.1 Å². The van der Waals surface area contributed by atoms with E-state index in [-0.39, 0.29) is 6.42 Å². The minimum absolute atomic E-state index is 0.288. The van der Waals surface area contributed by atoms with Crippen molar-refractivity contribution in [1.29, 1.82) is 0 Å². The molecule has 2 aromatic carbocycles. The van der Waals surface area contributed by atoms with Crippen molar-refractivity contribution >= 4 is 23.3 Å². The van der Waals surface area contributed by atoms with Gasteiger partial charge in [0.2, 0.25) is 5.54 Å². The first kappa shape index (κ1) is 26.4. The molecule has 0 saturated heterocycles. The summed E-state index contributed by atoms with van der Waals surface area (Å²) in [5.74, 6) is -5.80. The van der Waals surface area contributed by atoms with Gasteiger partial charge < -0.3 is 5.32 Å². The first-order valence-corrected chi connectivity index (χ1v) is 10.9. The van der Waals surface area contributed by atoms with Crippen molar-refractivity contribution in [2.45, 2.75) is 44.6 Å². The average Bonchev–Trinajstić information content (AvgIpc) is 3.01. The molecule has 37 heavy (non-hydrogen) atoms. The second kappa shape index (κ2) is 8.42. The molecule has 1 aliphatic carbocycles. The van der Waals surface area contributed by atoms with E-state index in [1.54, 1.807) is 19.2 Å². The molecule has 1 N–H and O–H groups in total. The minimum Gasteiger partial charge on any atom is -0.326 e. The van der Waals surface area contributed by atoms with Crippen molar-refractivity contribution in [3.63, 3.8) is 0 Å². The zero-order valence-electron chi connectivity index (χ0n) is 19.4. The monoisotopic (exact) mass is 528 g/mol. The minimum atomic E-state index is -5.61. The molecule has 12 heteroatoms. The Bertz CT molecular complexity index is 1340. The third-order valence-corrected chi connectivity index (χ3v) is 6.30. The number of hydrogen-bond donors (Lipinski definition) is 1. The lowest BCUT2D eigenvalue weighted by molar-refractivity contribution is -0.186. The van der Waals surface area contributed by atoms with Crippen LogP contribution in [0.2, 0.25) is 0 Å². The molecule has 0 fully saturated rings. The number of carbonyl (C=O) groups is 3. The molecule has 0 spiro atoms. The zero-order valence-corrected chi connectivity index (χ0v) is 19.4. The smallest absolute Gasteiger partial charge is 0.326 e. The molecule has 2 aromatic rings. The number of halogens is 7. The van der Waals surface area contributed by atoms with E-state index < -0.39 is 81.2 Å². The number of ketones is 1. The molecule has 1 heterocycles. The number of nitrogens with zero attached hydrogens (tertiary/aromatic N) is 1. The van der Waals surface area contributed by atoms with Gasteiger partial charge in [0, 0.05) is 17.8 Å². The highest BCUT2D eigenvalue weighted by atomic mass is 19.4. The molecule has 1 atom stereocenters. The number of rotatable bonds is 3. The van der Waals surface area contributed by atoms with Gasteiger partial charge in [-0.1, -0.05) is 32.0 Å². The maximum absolute atomic E-state index is 14.8. The van der Waals surface area contributed by atoms with Crippen LogP contribution in [0.5, 0.6) is 0 Å². The molecule has 1 aliphatic heterocycles. The normalized spacial score (nSPS) is 21.8. The van der Waals surface area contributed by atoms with E-state index in [0.29, 0.717) is 17.0 Å². The average molecular weight is 528 g/mol. The fraction of sp³-hybridized carbons (Fsp3) is 0.320. The summed E-state index contributed by atoms with van der Waals surface area (Å²) in [4.78, 5) is 40.0. The van der Waals surface area contributed by atoms with Gasteiger partial charge in [-0.25, -0.2) is 4.39 Å². The Hall–Kier alpha value is -3.70. The Morgan fingerprint density at radius 2 is 1.59 bits per heavy atom. The van der Waals surface area contributed by atoms with Crippen LogP contribution in [0.15, 0.2) is 59.8 Å². The molecule has 0 saturated carbocycles. The van der Waals surface area contributed by atoms with Gasteiger partial charge >= 0.3 is 12.4 Å². The molecule has 2 amide bonds. The van der Waals surface area contributed by atoms with Gasteiger partial charge in [-0.05, 0) is 42.2 Å². The number of anilines is 1. The Balaban J connectivity index is 1.97. The van der Waals surface area contributed by atoms with Gasteiger partial charge in [-0.3, -0.25) is 19.3 Å². The van der Waals surface area contributed by atoms with Crippen LogP contribution >= 0.6 is 0 Å². The number of Topliss-reactive ketones (excluding diaryl/α,β-unsaturated/α-hetero) is 1. The maximum Gasteiger partial charge on any atom is 0.425 e. The third-order valence-electron chi connectivity index (χ3n) is 6.30. The van der Waals surface area contributed by atoms with E-state index >= 15 is 0 Å².